The number of methoxy groups -OCH3 is 2. The minimum atomic E-state index is -4.39. The summed E-state index contributed by atoms with van der Waals surface area (Å²) < 4.78 is 51.9. The zero-order valence-corrected chi connectivity index (χ0v) is 18.7. The first-order valence-corrected chi connectivity index (χ1v) is 10.9. The van der Waals surface area contributed by atoms with Gasteiger partial charge in [-0.3, -0.25) is 4.57 Å². The average molecular weight is 472 g/mol. The molecule has 0 aliphatic rings. The van der Waals surface area contributed by atoms with Crippen LogP contribution in [0.5, 0.6) is 11.5 Å². The summed E-state index contributed by atoms with van der Waals surface area (Å²) in [5.41, 5.74) is 1.40. The Bertz CT molecular complexity index is 1240. The van der Waals surface area contributed by atoms with Crippen LogP contribution >= 0.6 is 11.8 Å². The van der Waals surface area contributed by atoms with Gasteiger partial charge in [0.1, 0.15) is 11.5 Å². The quantitative estimate of drug-likeness (QED) is 0.298. The summed E-state index contributed by atoms with van der Waals surface area (Å²) in [6.45, 7) is 0. The predicted molar refractivity (Wildman–Crippen MR) is 121 cm³/mol. The molecule has 0 saturated carbocycles. The lowest BCUT2D eigenvalue weighted by atomic mass is 10.1. The highest BCUT2D eigenvalue weighted by Gasteiger charge is 2.30. The van der Waals surface area contributed by atoms with Gasteiger partial charge in [-0.05, 0) is 48.0 Å². The van der Waals surface area contributed by atoms with Crippen LogP contribution in [0.3, 0.4) is 0 Å². The van der Waals surface area contributed by atoms with E-state index < -0.39 is 11.7 Å². The molecule has 0 radical (unpaired) electrons. The van der Waals surface area contributed by atoms with Gasteiger partial charge in [0.25, 0.3) is 0 Å². The first-order chi connectivity index (χ1) is 15.9. The Kier molecular flexibility index (Phi) is 6.60. The molecule has 1 heterocycles. The van der Waals surface area contributed by atoms with E-state index in [-0.39, 0.29) is 0 Å². The van der Waals surface area contributed by atoms with Gasteiger partial charge in [0, 0.05) is 5.75 Å². The van der Waals surface area contributed by atoms with Gasteiger partial charge in [0.05, 0.1) is 31.0 Å². The standard InChI is InChI=1S/C24H20F3N3O2S/c1-31-19-12-10-18(11-13-19)30-22(20-8-3-4-9-21(20)32-2)28-29-23(30)33-15-16-6-5-7-17(14-16)24(25,26)27/h3-14H,15H2,1-2H3. The molecule has 0 aliphatic carbocycles. The van der Waals surface area contributed by atoms with Crippen LogP contribution in [0.1, 0.15) is 11.1 Å². The minimum absolute atomic E-state index is 0.296. The largest absolute Gasteiger partial charge is 0.497 e. The van der Waals surface area contributed by atoms with Crippen LogP contribution in [0.25, 0.3) is 17.1 Å². The fraction of sp³-hybridized carbons (Fsp3) is 0.167. The number of nitrogens with zero attached hydrogens (tertiary/aromatic N) is 3. The molecule has 0 bridgehead atoms. The number of benzene rings is 3. The van der Waals surface area contributed by atoms with Crippen LogP contribution in [-0.2, 0) is 11.9 Å². The number of para-hydroxylation sites is 1. The molecular formula is C24H20F3N3O2S. The molecule has 0 aliphatic heterocycles. The molecule has 0 spiro atoms. The topological polar surface area (TPSA) is 49.2 Å². The van der Waals surface area contributed by atoms with E-state index >= 15 is 0 Å². The third-order valence-electron chi connectivity index (χ3n) is 4.93. The molecule has 0 saturated heterocycles. The Labute approximate surface area is 193 Å². The van der Waals surface area contributed by atoms with E-state index in [1.54, 1.807) is 20.3 Å². The molecule has 9 heteroatoms. The fourth-order valence-electron chi connectivity index (χ4n) is 3.32. The molecule has 5 nitrogen and oxygen atoms in total. The summed E-state index contributed by atoms with van der Waals surface area (Å²) in [5.74, 6) is 2.19. The number of ether oxygens (including phenoxy) is 2. The van der Waals surface area contributed by atoms with Gasteiger partial charge >= 0.3 is 6.18 Å². The maximum Gasteiger partial charge on any atom is 0.416 e. The second kappa shape index (κ2) is 9.58. The number of rotatable bonds is 7. The monoisotopic (exact) mass is 471 g/mol. The van der Waals surface area contributed by atoms with Crippen molar-refractivity contribution >= 4 is 11.8 Å². The predicted octanol–water partition coefficient (Wildman–Crippen LogP) is 6.26. The summed E-state index contributed by atoms with van der Waals surface area (Å²) in [6.07, 6.45) is -4.39. The van der Waals surface area contributed by atoms with E-state index in [9.17, 15) is 13.2 Å². The van der Waals surface area contributed by atoms with Crippen LogP contribution in [0, 0.1) is 0 Å². The molecule has 0 amide bonds. The molecule has 0 fully saturated rings. The van der Waals surface area contributed by atoms with Crippen molar-refractivity contribution in [2.45, 2.75) is 17.1 Å². The van der Waals surface area contributed by atoms with E-state index in [2.05, 4.69) is 10.2 Å². The minimum Gasteiger partial charge on any atom is -0.497 e. The SMILES string of the molecule is COc1ccc(-n2c(SCc3cccc(C(F)(F)F)c3)nnc2-c2ccccc2OC)cc1. The number of thioether (sulfide) groups is 1. The second-order valence-corrected chi connectivity index (χ2v) is 7.97. The molecule has 1 aromatic heterocycles. The molecule has 0 unspecified atom stereocenters. The summed E-state index contributed by atoms with van der Waals surface area (Å²) in [5, 5.41) is 9.26. The summed E-state index contributed by atoms with van der Waals surface area (Å²) in [6, 6.07) is 20.1. The van der Waals surface area contributed by atoms with E-state index in [4.69, 9.17) is 9.47 Å². The average Bonchev–Trinajstić information content (AvgIpc) is 3.26. The molecule has 170 valence electrons. The Morgan fingerprint density at radius 1 is 0.879 bits per heavy atom. The number of aromatic nitrogens is 3. The highest BCUT2D eigenvalue weighted by atomic mass is 32.2. The van der Waals surface area contributed by atoms with Crippen molar-refractivity contribution in [3.63, 3.8) is 0 Å². The van der Waals surface area contributed by atoms with Gasteiger partial charge in [-0.25, -0.2) is 0 Å². The summed E-state index contributed by atoms with van der Waals surface area (Å²) in [7, 11) is 3.17. The van der Waals surface area contributed by atoms with Crippen LogP contribution in [0.15, 0.2) is 78.0 Å². The van der Waals surface area contributed by atoms with Crippen molar-refractivity contribution in [1.82, 2.24) is 14.8 Å². The number of hydrogen-bond acceptors (Lipinski definition) is 5. The molecule has 33 heavy (non-hydrogen) atoms. The molecule has 4 aromatic rings. The van der Waals surface area contributed by atoms with Gasteiger partial charge in [-0.1, -0.05) is 42.1 Å². The van der Waals surface area contributed by atoms with Crippen LogP contribution < -0.4 is 9.47 Å². The van der Waals surface area contributed by atoms with E-state index in [1.165, 1.54) is 17.8 Å². The van der Waals surface area contributed by atoms with Crippen molar-refractivity contribution < 1.29 is 22.6 Å². The van der Waals surface area contributed by atoms with Gasteiger partial charge in [0.2, 0.25) is 0 Å². The van der Waals surface area contributed by atoms with Gasteiger partial charge in [-0.2, -0.15) is 13.2 Å². The normalized spacial score (nSPS) is 11.4. The van der Waals surface area contributed by atoms with Crippen molar-refractivity contribution in [2.75, 3.05) is 14.2 Å². The fourth-order valence-corrected chi connectivity index (χ4v) is 4.21. The maximum absolute atomic E-state index is 13.1. The molecule has 0 atom stereocenters. The lowest BCUT2D eigenvalue weighted by Crippen LogP contribution is -2.05. The van der Waals surface area contributed by atoms with Crippen molar-refractivity contribution in [3.8, 4) is 28.6 Å². The first-order valence-electron chi connectivity index (χ1n) is 9.93. The number of halogens is 3. The molecular weight excluding hydrogens is 451 g/mol. The van der Waals surface area contributed by atoms with Gasteiger partial charge in [-0.15, -0.1) is 10.2 Å². The van der Waals surface area contributed by atoms with E-state index in [1.807, 2.05) is 53.1 Å². The zero-order chi connectivity index (χ0) is 23.4. The smallest absolute Gasteiger partial charge is 0.416 e. The second-order valence-electron chi connectivity index (χ2n) is 7.03. The van der Waals surface area contributed by atoms with E-state index in [0.29, 0.717) is 33.8 Å². The number of alkyl halides is 3. The van der Waals surface area contributed by atoms with Crippen molar-refractivity contribution in [2.24, 2.45) is 0 Å². The Hall–Kier alpha value is -3.46. The summed E-state index contributed by atoms with van der Waals surface area (Å²) >= 11 is 1.30. The highest BCUT2D eigenvalue weighted by molar-refractivity contribution is 7.98. The third kappa shape index (κ3) is 4.98. The zero-order valence-electron chi connectivity index (χ0n) is 17.8. The summed E-state index contributed by atoms with van der Waals surface area (Å²) in [4.78, 5) is 0. The van der Waals surface area contributed by atoms with Crippen LogP contribution in [-0.4, -0.2) is 29.0 Å². The molecule has 0 N–H and O–H groups in total. The highest BCUT2D eigenvalue weighted by Crippen LogP contribution is 2.35. The first kappa shape index (κ1) is 22.7. The maximum atomic E-state index is 13.1. The molecule has 3 aromatic carbocycles. The number of hydrogen-bond donors (Lipinski definition) is 0. The van der Waals surface area contributed by atoms with E-state index in [0.717, 1.165) is 23.4 Å². The lowest BCUT2D eigenvalue weighted by Gasteiger charge is -2.13. The third-order valence-corrected chi connectivity index (χ3v) is 5.93. The van der Waals surface area contributed by atoms with Crippen LogP contribution in [0.4, 0.5) is 13.2 Å². The Balaban J connectivity index is 1.73. The van der Waals surface area contributed by atoms with Gasteiger partial charge < -0.3 is 9.47 Å². The Morgan fingerprint density at radius 2 is 1.64 bits per heavy atom. The van der Waals surface area contributed by atoms with Gasteiger partial charge in [0.15, 0.2) is 11.0 Å². The van der Waals surface area contributed by atoms with Crippen molar-refractivity contribution in [3.05, 3.63) is 83.9 Å². The molecule has 4 rings (SSSR count). The Morgan fingerprint density at radius 3 is 2.33 bits per heavy atom. The van der Waals surface area contributed by atoms with Crippen molar-refractivity contribution in [1.29, 1.82) is 0 Å². The lowest BCUT2D eigenvalue weighted by molar-refractivity contribution is -0.137. The van der Waals surface area contributed by atoms with Crippen LogP contribution in [0.2, 0.25) is 0 Å².